The summed E-state index contributed by atoms with van der Waals surface area (Å²) < 4.78 is 0. The molecule has 2 fully saturated rings. The molecule has 0 unspecified atom stereocenters. The summed E-state index contributed by atoms with van der Waals surface area (Å²) in [7, 11) is 0. The van der Waals surface area contributed by atoms with Crippen LogP contribution in [0.25, 0.3) is 0 Å². The van der Waals surface area contributed by atoms with Crippen molar-refractivity contribution in [3.63, 3.8) is 0 Å². The van der Waals surface area contributed by atoms with Crippen molar-refractivity contribution >= 4 is 11.9 Å². The molecule has 0 amide bonds. The van der Waals surface area contributed by atoms with Crippen LogP contribution in [0, 0.1) is 11.8 Å². The molecule has 17 heavy (non-hydrogen) atoms. The van der Waals surface area contributed by atoms with Gasteiger partial charge in [0.15, 0.2) is 0 Å². The average molecular weight is 285 g/mol. The van der Waals surface area contributed by atoms with Crippen molar-refractivity contribution in [2.24, 2.45) is 11.8 Å². The molecule has 0 aromatic carbocycles. The van der Waals surface area contributed by atoms with Gasteiger partial charge < -0.3 is 19.8 Å². The minimum atomic E-state index is -0.894. The first kappa shape index (κ1) is 16.4. The molecular formula is C12H18CoO4. The maximum atomic E-state index is 9.89. The van der Waals surface area contributed by atoms with Gasteiger partial charge in [-0.25, -0.2) is 0 Å². The van der Waals surface area contributed by atoms with E-state index in [1.807, 2.05) is 0 Å². The Kier molecular flexibility index (Phi) is 8.25. The van der Waals surface area contributed by atoms with Gasteiger partial charge in [-0.05, 0) is 24.7 Å². The fourth-order valence-corrected chi connectivity index (χ4v) is 1.87. The molecule has 1 radical (unpaired) electrons. The van der Waals surface area contributed by atoms with Crippen LogP contribution in [0.1, 0.15) is 51.4 Å². The third kappa shape index (κ3) is 7.39. The van der Waals surface area contributed by atoms with E-state index >= 15 is 0 Å². The smallest absolute Gasteiger partial charge is 0.550 e. The fourth-order valence-electron chi connectivity index (χ4n) is 1.87. The zero-order valence-electron chi connectivity index (χ0n) is 9.78. The molecule has 99 valence electrons. The van der Waals surface area contributed by atoms with Gasteiger partial charge in [-0.1, -0.05) is 38.5 Å². The Labute approximate surface area is 112 Å². The number of rotatable bonds is 4. The van der Waals surface area contributed by atoms with E-state index in [4.69, 9.17) is 0 Å². The molecule has 0 saturated heterocycles. The second-order valence-electron chi connectivity index (χ2n) is 4.75. The van der Waals surface area contributed by atoms with E-state index in [0.29, 0.717) is 11.8 Å². The zero-order valence-corrected chi connectivity index (χ0v) is 10.8. The Bertz CT molecular complexity index is 221. The molecule has 2 aliphatic carbocycles. The predicted molar refractivity (Wildman–Crippen MR) is 53.9 cm³/mol. The second kappa shape index (κ2) is 8.52. The topological polar surface area (TPSA) is 80.3 Å². The van der Waals surface area contributed by atoms with Gasteiger partial charge in [0.1, 0.15) is 0 Å². The molecule has 0 atom stereocenters. The first-order chi connectivity index (χ1) is 7.58. The van der Waals surface area contributed by atoms with Gasteiger partial charge in [0.25, 0.3) is 0 Å². The van der Waals surface area contributed by atoms with Gasteiger partial charge >= 0.3 is 16.8 Å². The Morgan fingerprint density at radius 3 is 1.18 bits per heavy atom. The molecular weight excluding hydrogens is 267 g/mol. The van der Waals surface area contributed by atoms with Crippen molar-refractivity contribution in [1.82, 2.24) is 0 Å². The van der Waals surface area contributed by atoms with Crippen LogP contribution in [0.3, 0.4) is 0 Å². The molecule has 5 heteroatoms. The van der Waals surface area contributed by atoms with E-state index in [0.717, 1.165) is 25.7 Å². The minimum absolute atomic E-state index is 0. The molecule has 0 aromatic heterocycles. The molecule has 4 nitrogen and oxygen atoms in total. The summed E-state index contributed by atoms with van der Waals surface area (Å²) in [6, 6.07) is 0. The van der Waals surface area contributed by atoms with Gasteiger partial charge in [-0.15, -0.1) is 0 Å². The maximum absolute atomic E-state index is 9.89. The zero-order chi connectivity index (χ0) is 12.0. The van der Waals surface area contributed by atoms with E-state index in [9.17, 15) is 19.8 Å². The standard InChI is InChI=1S/2C6H10O2.Co/c2*7-6(8)4-5-2-1-3-5;/h2*5H,1-4H2,(H,7,8);/q;;+2/p-2. The number of hydrogen-bond acceptors (Lipinski definition) is 4. The molecule has 0 spiro atoms. The summed E-state index contributed by atoms with van der Waals surface area (Å²) >= 11 is 0. The summed E-state index contributed by atoms with van der Waals surface area (Å²) in [4.78, 5) is 19.8. The molecule has 0 N–H and O–H groups in total. The average Bonchev–Trinajstić information content (AvgIpc) is 2.05. The van der Waals surface area contributed by atoms with E-state index in [1.54, 1.807) is 0 Å². The molecule has 2 rings (SSSR count). The van der Waals surface area contributed by atoms with Crippen molar-refractivity contribution in [2.45, 2.75) is 51.4 Å². The number of carbonyl (C=O) groups excluding carboxylic acids is 2. The van der Waals surface area contributed by atoms with Crippen LogP contribution in [0.15, 0.2) is 0 Å². The summed E-state index contributed by atoms with van der Waals surface area (Å²) in [5.74, 6) is -0.899. The normalized spacial score (nSPS) is 18.8. The van der Waals surface area contributed by atoms with E-state index in [1.165, 1.54) is 12.8 Å². The predicted octanol–water partition coefficient (Wildman–Crippen LogP) is -0.150. The van der Waals surface area contributed by atoms with Crippen LogP contribution >= 0.6 is 0 Å². The Hall–Kier alpha value is -0.554. The molecule has 0 aliphatic heterocycles. The largest absolute Gasteiger partial charge is 2.00 e. The van der Waals surface area contributed by atoms with Crippen LogP contribution in [0.2, 0.25) is 0 Å². The van der Waals surface area contributed by atoms with Crippen molar-refractivity contribution in [3.8, 4) is 0 Å². The number of aliphatic carboxylic acids is 2. The van der Waals surface area contributed by atoms with Crippen LogP contribution in [-0.4, -0.2) is 11.9 Å². The van der Waals surface area contributed by atoms with Crippen LogP contribution < -0.4 is 10.2 Å². The third-order valence-electron chi connectivity index (χ3n) is 3.36. The Balaban J connectivity index is 0.000000284. The summed E-state index contributed by atoms with van der Waals surface area (Å²) in [5, 5.41) is 19.8. The monoisotopic (exact) mass is 285 g/mol. The number of hydrogen-bond donors (Lipinski definition) is 0. The first-order valence-corrected chi connectivity index (χ1v) is 5.97. The van der Waals surface area contributed by atoms with Crippen molar-refractivity contribution in [3.05, 3.63) is 0 Å². The van der Waals surface area contributed by atoms with E-state index < -0.39 is 11.9 Å². The second-order valence-corrected chi connectivity index (χ2v) is 4.75. The number of carbonyl (C=O) groups is 2. The number of carboxylic acid groups (broad SMARTS) is 2. The first-order valence-electron chi connectivity index (χ1n) is 5.97. The summed E-state index contributed by atoms with van der Waals surface area (Å²) in [6.07, 6.45) is 7.33. The van der Waals surface area contributed by atoms with Crippen LogP contribution in [0.5, 0.6) is 0 Å². The summed E-state index contributed by atoms with van der Waals surface area (Å²) in [6.45, 7) is 0. The van der Waals surface area contributed by atoms with E-state index in [-0.39, 0.29) is 29.6 Å². The number of carboxylic acids is 2. The molecule has 0 aromatic rings. The van der Waals surface area contributed by atoms with Gasteiger partial charge in [0.2, 0.25) is 0 Å². The van der Waals surface area contributed by atoms with Crippen molar-refractivity contribution in [2.75, 3.05) is 0 Å². The van der Waals surface area contributed by atoms with Crippen molar-refractivity contribution in [1.29, 1.82) is 0 Å². The molecule has 0 heterocycles. The molecule has 2 saturated carbocycles. The molecule has 2 aliphatic rings. The van der Waals surface area contributed by atoms with Gasteiger partial charge in [0.05, 0.1) is 0 Å². The van der Waals surface area contributed by atoms with Gasteiger partial charge in [-0.2, -0.15) is 0 Å². The SMILES string of the molecule is O=C([O-])CC1CCC1.O=C([O-])CC1CCC1.[Co+2]. The van der Waals surface area contributed by atoms with Crippen LogP contribution in [0.4, 0.5) is 0 Å². The Morgan fingerprint density at radius 1 is 0.824 bits per heavy atom. The van der Waals surface area contributed by atoms with Crippen molar-refractivity contribution < 1.29 is 36.6 Å². The van der Waals surface area contributed by atoms with Gasteiger partial charge in [0, 0.05) is 11.9 Å². The Morgan fingerprint density at radius 2 is 1.12 bits per heavy atom. The molecule has 0 bridgehead atoms. The van der Waals surface area contributed by atoms with Gasteiger partial charge in [-0.3, -0.25) is 0 Å². The third-order valence-corrected chi connectivity index (χ3v) is 3.36. The van der Waals surface area contributed by atoms with Crippen LogP contribution in [-0.2, 0) is 26.4 Å². The quantitative estimate of drug-likeness (QED) is 0.719. The fraction of sp³-hybridized carbons (Fsp3) is 0.833. The summed E-state index contributed by atoms with van der Waals surface area (Å²) in [5.41, 5.74) is 0. The maximum Gasteiger partial charge on any atom is 2.00 e. The van der Waals surface area contributed by atoms with E-state index in [2.05, 4.69) is 0 Å². The minimum Gasteiger partial charge on any atom is -0.550 e.